The summed E-state index contributed by atoms with van der Waals surface area (Å²) in [5.74, 6) is 0.596. The van der Waals surface area contributed by atoms with Crippen molar-refractivity contribution in [3.8, 4) is 5.75 Å². The number of ether oxygens (including phenoxy) is 1. The molecular weight excluding hydrogens is 240 g/mol. The van der Waals surface area contributed by atoms with Crippen molar-refractivity contribution in [3.05, 3.63) is 29.8 Å². The van der Waals surface area contributed by atoms with Crippen molar-refractivity contribution in [2.75, 3.05) is 27.7 Å². The summed E-state index contributed by atoms with van der Waals surface area (Å²) in [5.41, 5.74) is 1.13. The van der Waals surface area contributed by atoms with Crippen LogP contribution in [0.15, 0.2) is 24.3 Å². The lowest BCUT2D eigenvalue weighted by Gasteiger charge is -2.21. The highest BCUT2D eigenvalue weighted by atomic mass is 16.6. The van der Waals surface area contributed by atoms with Gasteiger partial charge in [-0.1, -0.05) is 19.1 Å². The molecule has 0 radical (unpaired) electrons. The number of hydrogen-bond acceptors (Lipinski definition) is 3. The molecule has 0 spiro atoms. The fourth-order valence-electron chi connectivity index (χ4n) is 1.74. The van der Waals surface area contributed by atoms with Gasteiger partial charge in [0.1, 0.15) is 5.75 Å². The maximum atomic E-state index is 11.8. The standard InChI is InChI=1S/C15H24N2O2/c1-6-10-17(5)15(18)19-14-9-7-8-13(11-14)12(2)16(3)4/h7-9,11-12H,6,10H2,1-5H3. The van der Waals surface area contributed by atoms with Gasteiger partial charge in [0.05, 0.1) is 0 Å². The summed E-state index contributed by atoms with van der Waals surface area (Å²) < 4.78 is 5.37. The Labute approximate surface area is 116 Å². The van der Waals surface area contributed by atoms with Gasteiger partial charge >= 0.3 is 6.09 Å². The van der Waals surface area contributed by atoms with Crippen LogP contribution in [0.3, 0.4) is 0 Å². The first-order valence-electron chi connectivity index (χ1n) is 6.65. The SMILES string of the molecule is CCCN(C)C(=O)Oc1cccc(C(C)N(C)C)c1. The summed E-state index contributed by atoms with van der Waals surface area (Å²) in [6.45, 7) is 4.85. The smallest absolute Gasteiger partial charge is 0.410 e. The number of benzene rings is 1. The lowest BCUT2D eigenvalue weighted by Crippen LogP contribution is -2.30. The number of nitrogens with zero attached hydrogens (tertiary/aromatic N) is 2. The third-order valence-corrected chi connectivity index (χ3v) is 3.19. The van der Waals surface area contributed by atoms with E-state index in [-0.39, 0.29) is 12.1 Å². The topological polar surface area (TPSA) is 32.8 Å². The van der Waals surface area contributed by atoms with E-state index in [0.29, 0.717) is 12.3 Å². The van der Waals surface area contributed by atoms with E-state index in [2.05, 4.69) is 11.8 Å². The van der Waals surface area contributed by atoms with Crippen molar-refractivity contribution in [1.29, 1.82) is 0 Å². The number of rotatable bonds is 5. The average Bonchev–Trinajstić information content (AvgIpc) is 2.38. The fourth-order valence-corrected chi connectivity index (χ4v) is 1.74. The molecule has 1 rings (SSSR count). The number of amides is 1. The summed E-state index contributed by atoms with van der Waals surface area (Å²) in [6, 6.07) is 7.97. The van der Waals surface area contributed by atoms with Crippen LogP contribution < -0.4 is 4.74 Å². The molecule has 0 saturated carbocycles. The zero-order chi connectivity index (χ0) is 14.4. The van der Waals surface area contributed by atoms with Gasteiger partial charge in [0.25, 0.3) is 0 Å². The largest absolute Gasteiger partial charge is 0.414 e. The highest BCUT2D eigenvalue weighted by molar-refractivity contribution is 5.70. The van der Waals surface area contributed by atoms with Crippen LogP contribution in [0.5, 0.6) is 5.75 Å². The normalized spacial score (nSPS) is 12.3. The minimum absolute atomic E-state index is 0.284. The highest BCUT2D eigenvalue weighted by Gasteiger charge is 2.12. The van der Waals surface area contributed by atoms with E-state index in [1.807, 2.05) is 45.3 Å². The van der Waals surface area contributed by atoms with E-state index in [1.54, 1.807) is 11.9 Å². The molecule has 106 valence electrons. The van der Waals surface area contributed by atoms with Gasteiger partial charge in [-0.2, -0.15) is 0 Å². The summed E-state index contributed by atoms with van der Waals surface area (Å²) >= 11 is 0. The van der Waals surface area contributed by atoms with Crippen LogP contribution in [0.25, 0.3) is 0 Å². The Bertz CT molecular complexity index is 418. The van der Waals surface area contributed by atoms with Crippen molar-refractivity contribution in [2.24, 2.45) is 0 Å². The summed E-state index contributed by atoms with van der Waals surface area (Å²) in [4.78, 5) is 15.5. The molecular formula is C15H24N2O2. The lowest BCUT2D eigenvalue weighted by molar-refractivity contribution is 0.163. The van der Waals surface area contributed by atoms with Gasteiger partial charge < -0.3 is 14.5 Å². The Balaban J connectivity index is 2.74. The number of carbonyl (C=O) groups excluding carboxylic acids is 1. The highest BCUT2D eigenvalue weighted by Crippen LogP contribution is 2.22. The molecule has 1 unspecified atom stereocenters. The number of hydrogen-bond donors (Lipinski definition) is 0. The van der Waals surface area contributed by atoms with E-state index >= 15 is 0 Å². The second-order valence-electron chi connectivity index (χ2n) is 5.00. The maximum Gasteiger partial charge on any atom is 0.414 e. The lowest BCUT2D eigenvalue weighted by atomic mass is 10.1. The van der Waals surface area contributed by atoms with E-state index in [1.165, 1.54) is 0 Å². The van der Waals surface area contributed by atoms with Crippen LogP contribution in [-0.2, 0) is 0 Å². The van der Waals surface area contributed by atoms with Gasteiger partial charge in [-0.15, -0.1) is 0 Å². The van der Waals surface area contributed by atoms with Crippen LogP contribution in [0, 0.1) is 0 Å². The third-order valence-electron chi connectivity index (χ3n) is 3.19. The summed E-state index contributed by atoms with van der Waals surface area (Å²) in [7, 11) is 5.80. The Morgan fingerprint density at radius 2 is 2.00 bits per heavy atom. The van der Waals surface area contributed by atoms with Crippen LogP contribution in [0.1, 0.15) is 31.9 Å². The Hall–Kier alpha value is -1.55. The van der Waals surface area contributed by atoms with Crippen LogP contribution in [0.2, 0.25) is 0 Å². The molecule has 0 bridgehead atoms. The molecule has 19 heavy (non-hydrogen) atoms. The van der Waals surface area contributed by atoms with Crippen molar-refractivity contribution in [2.45, 2.75) is 26.3 Å². The third kappa shape index (κ3) is 4.56. The molecule has 0 aliphatic carbocycles. The predicted molar refractivity (Wildman–Crippen MR) is 77.5 cm³/mol. The second-order valence-corrected chi connectivity index (χ2v) is 5.00. The van der Waals surface area contributed by atoms with Crippen molar-refractivity contribution in [1.82, 2.24) is 9.80 Å². The maximum absolute atomic E-state index is 11.8. The molecule has 0 aromatic heterocycles. The summed E-state index contributed by atoms with van der Waals surface area (Å²) in [5, 5.41) is 0. The molecule has 1 atom stereocenters. The van der Waals surface area contributed by atoms with Crippen molar-refractivity contribution in [3.63, 3.8) is 0 Å². The molecule has 0 heterocycles. The molecule has 4 nitrogen and oxygen atoms in total. The molecule has 4 heteroatoms. The van der Waals surface area contributed by atoms with Crippen molar-refractivity contribution >= 4 is 6.09 Å². The molecule has 0 fully saturated rings. The van der Waals surface area contributed by atoms with Gasteiger partial charge in [0, 0.05) is 19.6 Å². The zero-order valence-corrected chi connectivity index (χ0v) is 12.5. The minimum atomic E-state index is -0.309. The summed E-state index contributed by atoms with van der Waals surface area (Å²) in [6.07, 6.45) is 0.611. The quantitative estimate of drug-likeness (QED) is 0.819. The van der Waals surface area contributed by atoms with Crippen molar-refractivity contribution < 1.29 is 9.53 Å². The first-order chi connectivity index (χ1) is 8.95. The molecule has 1 aromatic rings. The van der Waals surface area contributed by atoms with Gasteiger partial charge in [-0.25, -0.2) is 4.79 Å². The van der Waals surface area contributed by atoms with Gasteiger partial charge in [0.15, 0.2) is 0 Å². The Morgan fingerprint density at radius 1 is 1.32 bits per heavy atom. The molecule has 0 aliphatic rings. The molecule has 1 amide bonds. The first kappa shape index (κ1) is 15.5. The minimum Gasteiger partial charge on any atom is -0.410 e. The first-order valence-corrected chi connectivity index (χ1v) is 6.65. The van der Waals surface area contributed by atoms with Crippen LogP contribution in [-0.4, -0.2) is 43.6 Å². The van der Waals surface area contributed by atoms with Gasteiger partial charge in [-0.05, 0) is 45.1 Å². The zero-order valence-electron chi connectivity index (χ0n) is 12.5. The van der Waals surface area contributed by atoms with E-state index in [0.717, 1.165) is 12.0 Å². The molecule has 1 aromatic carbocycles. The van der Waals surface area contributed by atoms with Gasteiger partial charge in [-0.3, -0.25) is 0 Å². The van der Waals surface area contributed by atoms with Crippen LogP contribution >= 0.6 is 0 Å². The van der Waals surface area contributed by atoms with E-state index in [9.17, 15) is 4.79 Å². The Morgan fingerprint density at radius 3 is 2.58 bits per heavy atom. The molecule has 0 saturated heterocycles. The second kappa shape index (κ2) is 7.14. The van der Waals surface area contributed by atoms with E-state index < -0.39 is 0 Å². The van der Waals surface area contributed by atoms with E-state index in [4.69, 9.17) is 4.74 Å². The Kier molecular flexibility index (Phi) is 5.83. The average molecular weight is 264 g/mol. The molecule has 0 aliphatic heterocycles. The van der Waals surface area contributed by atoms with Crippen LogP contribution in [0.4, 0.5) is 4.79 Å². The fraction of sp³-hybridized carbons (Fsp3) is 0.533. The van der Waals surface area contributed by atoms with Gasteiger partial charge in [0.2, 0.25) is 0 Å². The predicted octanol–water partition coefficient (Wildman–Crippen LogP) is 3.15. The monoisotopic (exact) mass is 264 g/mol. The molecule has 0 N–H and O–H groups in total. The number of carbonyl (C=O) groups is 1.